The summed E-state index contributed by atoms with van der Waals surface area (Å²) in [4.78, 5) is 10.2. The molecule has 0 heterocycles. The monoisotopic (exact) mass is 334 g/mol. The van der Waals surface area contributed by atoms with Gasteiger partial charge in [0.1, 0.15) is 0 Å². The molecule has 0 radical (unpaired) electrons. The number of rotatable bonds is 14. The van der Waals surface area contributed by atoms with Crippen LogP contribution in [-0.2, 0) is 4.79 Å². The van der Waals surface area contributed by atoms with Crippen molar-refractivity contribution in [2.45, 2.75) is 83.7 Å². The van der Waals surface area contributed by atoms with E-state index < -0.39 is 5.97 Å². The van der Waals surface area contributed by atoms with Crippen LogP contribution in [0.3, 0.4) is 0 Å². The van der Waals surface area contributed by atoms with Crippen LogP contribution in [0.2, 0.25) is 0 Å². The van der Waals surface area contributed by atoms with Crippen molar-refractivity contribution in [1.29, 1.82) is 0 Å². The number of carbonyl (C=O) groups is 1. The topological polar surface area (TPSA) is 60.4 Å². The molecule has 0 bridgehead atoms. The summed E-state index contributed by atoms with van der Waals surface area (Å²) in [6.45, 7) is 2.00. The van der Waals surface area contributed by atoms with Gasteiger partial charge in [-0.15, -0.1) is 0 Å². The number of aliphatic carboxylic acids is 1. The van der Waals surface area contributed by atoms with Crippen molar-refractivity contribution in [2.75, 3.05) is 0 Å². The molecule has 1 N–H and O–H groups in total. The second-order valence-electron chi connectivity index (χ2n) is 5.50. The first-order valence-corrected chi connectivity index (χ1v) is 8.34. The van der Waals surface area contributed by atoms with Crippen LogP contribution in [0.4, 0.5) is 0 Å². The summed E-state index contributed by atoms with van der Waals surface area (Å²) < 4.78 is 0. The summed E-state index contributed by atoms with van der Waals surface area (Å²) in [7, 11) is 0. The quantitative estimate of drug-likeness (QED) is 0.286. The maximum Gasteiger partial charge on any atom is 1.00 e. The number of hydrogen-bond acceptors (Lipinski definition) is 3. The molecule has 0 rings (SSSR count). The number of carboxylic acid groups (broad SMARTS) is 1. The Labute approximate surface area is 178 Å². The molecule has 22 heavy (non-hydrogen) atoms. The number of allylic oxidation sites excluding steroid dienone is 4. The normalized spacial score (nSPS) is 12.6. The van der Waals surface area contributed by atoms with Gasteiger partial charge in [0.15, 0.2) is 0 Å². The minimum absolute atomic E-state index is 0. The number of carboxylic acids is 1. The van der Waals surface area contributed by atoms with E-state index >= 15 is 0 Å². The molecule has 0 aromatic carbocycles. The van der Waals surface area contributed by atoms with Gasteiger partial charge in [0, 0.05) is 5.97 Å². The molecule has 0 amide bonds. The van der Waals surface area contributed by atoms with E-state index in [0.29, 0.717) is 0 Å². The Balaban J connectivity index is 0. The summed E-state index contributed by atoms with van der Waals surface area (Å²) in [6, 6.07) is 0. The Kier molecular flexibility index (Phi) is 22.1. The smallest absolute Gasteiger partial charge is 0.550 e. The van der Waals surface area contributed by atoms with Crippen LogP contribution in [0.25, 0.3) is 0 Å². The van der Waals surface area contributed by atoms with Gasteiger partial charge < -0.3 is 15.0 Å². The van der Waals surface area contributed by atoms with Crippen molar-refractivity contribution >= 4 is 5.97 Å². The van der Waals surface area contributed by atoms with Crippen molar-refractivity contribution in [1.82, 2.24) is 0 Å². The number of hydrogen-bond donors (Lipinski definition) is 1. The van der Waals surface area contributed by atoms with Crippen LogP contribution in [0.5, 0.6) is 0 Å². The van der Waals surface area contributed by atoms with Crippen molar-refractivity contribution < 1.29 is 66.4 Å². The molecule has 0 fully saturated rings. The van der Waals surface area contributed by atoms with E-state index in [1.165, 1.54) is 12.8 Å². The Hall–Kier alpha value is 0.546. The van der Waals surface area contributed by atoms with E-state index in [1.807, 2.05) is 6.92 Å². The predicted octanol–water partition coefficient (Wildman–Crippen LogP) is 0.525. The predicted molar refractivity (Wildman–Crippen MR) is 85.8 cm³/mol. The van der Waals surface area contributed by atoms with Gasteiger partial charge >= 0.3 is 51.4 Å². The Morgan fingerprint density at radius 1 is 1.00 bits per heavy atom. The van der Waals surface area contributed by atoms with Crippen molar-refractivity contribution in [2.24, 2.45) is 0 Å². The first-order chi connectivity index (χ1) is 10.2. The zero-order valence-corrected chi connectivity index (χ0v) is 17.6. The van der Waals surface area contributed by atoms with Crippen molar-refractivity contribution in [3.8, 4) is 0 Å². The molecular weight excluding hydrogens is 303 g/mol. The van der Waals surface area contributed by atoms with Crippen LogP contribution in [0, 0.1) is 0 Å². The number of aliphatic hydroxyl groups is 1. The summed E-state index contributed by atoms with van der Waals surface area (Å²) in [5, 5.41) is 19.6. The van der Waals surface area contributed by atoms with E-state index in [1.54, 1.807) is 0 Å². The fraction of sp³-hybridized carbons (Fsp3) is 0.722. The van der Waals surface area contributed by atoms with Crippen LogP contribution < -0.4 is 56.5 Å². The summed E-state index contributed by atoms with van der Waals surface area (Å²) in [6.07, 6.45) is 18.6. The molecule has 3 nitrogen and oxygen atoms in total. The van der Waals surface area contributed by atoms with Crippen molar-refractivity contribution in [3.63, 3.8) is 0 Å². The molecule has 0 aliphatic rings. The molecule has 1 unspecified atom stereocenters. The van der Waals surface area contributed by atoms with Crippen LogP contribution in [0.1, 0.15) is 77.6 Å². The van der Waals surface area contributed by atoms with Gasteiger partial charge in [-0.2, -0.15) is 0 Å². The van der Waals surface area contributed by atoms with Gasteiger partial charge in [-0.25, -0.2) is 0 Å². The summed E-state index contributed by atoms with van der Waals surface area (Å²) in [5.74, 6) is -0.935. The average Bonchev–Trinajstić information content (AvgIpc) is 2.46. The van der Waals surface area contributed by atoms with Gasteiger partial charge in [-0.05, 0) is 51.4 Å². The third-order valence-corrected chi connectivity index (χ3v) is 3.49. The maximum absolute atomic E-state index is 10.2. The first kappa shape index (κ1) is 24.8. The van der Waals surface area contributed by atoms with Gasteiger partial charge in [0.05, 0.1) is 6.10 Å². The molecule has 122 valence electrons. The molecule has 4 heteroatoms. The second-order valence-corrected chi connectivity index (χ2v) is 5.50. The van der Waals surface area contributed by atoms with E-state index in [2.05, 4.69) is 24.3 Å². The Bertz CT molecular complexity index is 301. The molecule has 0 aromatic rings. The minimum atomic E-state index is -0.935. The van der Waals surface area contributed by atoms with Crippen LogP contribution >= 0.6 is 0 Å². The number of aliphatic hydroxyl groups excluding tert-OH is 1. The zero-order chi connectivity index (χ0) is 15.8. The van der Waals surface area contributed by atoms with E-state index in [-0.39, 0.29) is 63.9 Å². The van der Waals surface area contributed by atoms with Crippen LogP contribution in [0.15, 0.2) is 24.3 Å². The number of carbonyl (C=O) groups excluding carboxylic acids is 1. The molecule has 0 spiro atoms. The fourth-order valence-corrected chi connectivity index (χ4v) is 2.06. The summed E-state index contributed by atoms with van der Waals surface area (Å²) in [5.41, 5.74) is 0. The molecular formula is C18H31KO3. The maximum atomic E-state index is 10.2. The third kappa shape index (κ3) is 20.5. The summed E-state index contributed by atoms with van der Waals surface area (Å²) >= 11 is 0. The molecule has 0 saturated carbocycles. The Morgan fingerprint density at radius 2 is 1.59 bits per heavy atom. The minimum Gasteiger partial charge on any atom is -0.550 e. The Morgan fingerprint density at radius 3 is 2.23 bits per heavy atom. The van der Waals surface area contributed by atoms with E-state index in [4.69, 9.17) is 0 Å². The molecule has 0 aliphatic heterocycles. The van der Waals surface area contributed by atoms with Crippen molar-refractivity contribution in [3.05, 3.63) is 24.3 Å². The third-order valence-electron chi connectivity index (χ3n) is 3.49. The average molecular weight is 335 g/mol. The van der Waals surface area contributed by atoms with Gasteiger partial charge in [-0.1, -0.05) is 50.5 Å². The standard InChI is InChI=1S/C18H32O3.K/c1-2-17(19)15-13-11-9-7-5-3-4-6-8-10-12-14-16-18(20)21;/h3,5,9,11,17,19H,2,4,6-8,10,12-16H2,1H3,(H,20,21);/q;+1/p-1/b5-3-,11-9-;. The van der Waals surface area contributed by atoms with Gasteiger partial charge in [0.2, 0.25) is 0 Å². The van der Waals surface area contributed by atoms with Gasteiger partial charge in [0.25, 0.3) is 0 Å². The van der Waals surface area contributed by atoms with E-state index in [0.717, 1.165) is 51.4 Å². The number of unbranched alkanes of at least 4 members (excludes halogenated alkanes) is 5. The molecule has 0 saturated heterocycles. The molecule has 0 aliphatic carbocycles. The molecule has 1 atom stereocenters. The van der Waals surface area contributed by atoms with Gasteiger partial charge in [-0.3, -0.25) is 0 Å². The van der Waals surface area contributed by atoms with E-state index in [9.17, 15) is 15.0 Å². The fourth-order valence-electron chi connectivity index (χ4n) is 2.06. The second kappa shape index (κ2) is 19.6. The zero-order valence-electron chi connectivity index (χ0n) is 14.4. The SMILES string of the molecule is CCC(O)CC/C=C\C/C=C\CCCCCCCC(=O)[O-].[K+]. The van der Waals surface area contributed by atoms with Crippen LogP contribution in [-0.4, -0.2) is 17.2 Å². The largest absolute Gasteiger partial charge is 1.00 e. The first-order valence-electron chi connectivity index (χ1n) is 8.34. The molecule has 0 aromatic heterocycles.